The van der Waals surface area contributed by atoms with Gasteiger partial charge >= 0.3 is 0 Å². The number of aliphatic hydroxyl groups is 1. The van der Waals surface area contributed by atoms with E-state index in [1.165, 1.54) is 5.56 Å². The lowest BCUT2D eigenvalue weighted by molar-refractivity contribution is 0.114. The maximum Gasteiger partial charge on any atom is 0.194 e. The first-order valence-corrected chi connectivity index (χ1v) is 10.2. The maximum atomic E-state index is 10.3. The number of hydrogen-bond donors (Lipinski definition) is 2. The molecule has 1 aromatic carbocycles. The van der Waals surface area contributed by atoms with Gasteiger partial charge in [0, 0.05) is 38.9 Å². The monoisotopic (exact) mass is 529 g/mol. The van der Waals surface area contributed by atoms with Gasteiger partial charge in [0.25, 0.3) is 0 Å². The van der Waals surface area contributed by atoms with Gasteiger partial charge in [-0.25, -0.2) is 0 Å². The standard InChI is InChI=1S/C22H35N5O2.HI/c1-7-23-22(26(5)13-18-14-27(6)25-21(18)16(2)3)24-12-19(28)15-29-20-10-8-9-17(4)11-20;/h8-11,14,16,19,28H,7,12-13,15H2,1-6H3,(H,23,24);1H. The van der Waals surface area contributed by atoms with E-state index in [0.717, 1.165) is 29.5 Å². The normalized spacial score (nSPS) is 12.5. The zero-order valence-electron chi connectivity index (χ0n) is 18.9. The molecule has 1 unspecified atom stereocenters. The van der Waals surface area contributed by atoms with Crippen LogP contribution in [0.15, 0.2) is 35.5 Å². The number of aryl methyl sites for hydroxylation is 2. The molecule has 0 aliphatic rings. The van der Waals surface area contributed by atoms with Gasteiger partial charge in [0.15, 0.2) is 5.96 Å². The van der Waals surface area contributed by atoms with Crippen LogP contribution in [0.4, 0.5) is 0 Å². The third kappa shape index (κ3) is 8.14. The zero-order chi connectivity index (χ0) is 21.4. The van der Waals surface area contributed by atoms with Gasteiger partial charge in [0.05, 0.1) is 12.2 Å². The average molecular weight is 529 g/mol. The van der Waals surface area contributed by atoms with Crippen molar-refractivity contribution in [2.24, 2.45) is 12.0 Å². The van der Waals surface area contributed by atoms with E-state index >= 15 is 0 Å². The number of rotatable bonds is 9. The number of aliphatic hydroxyl groups excluding tert-OH is 1. The van der Waals surface area contributed by atoms with Crippen molar-refractivity contribution in [2.75, 3.05) is 26.7 Å². The summed E-state index contributed by atoms with van der Waals surface area (Å²) < 4.78 is 7.53. The van der Waals surface area contributed by atoms with Gasteiger partial charge < -0.3 is 20.1 Å². The highest BCUT2D eigenvalue weighted by Crippen LogP contribution is 2.18. The summed E-state index contributed by atoms with van der Waals surface area (Å²) in [5, 5.41) is 18.2. The molecule has 2 rings (SSSR count). The number of benzene rings is 1. The van der Waals surface area contributed by atoms with Gasteiger partial charge in [-0.3, -0.25) is 9.67 Å². The third-order valence-electron chi connectivity index (χ3n) is 4.47. The van der Waals surface area contributed by atoms with Gasteiger partial charge in [-0.05, 0) is 37.5 Å². The maximum absolute atomic E-state index is 10.3. The van der Waals surface area contributed by atoms with Crippen LogP contribution in [0, 0.1) is 6.92 Å². The molecule has 7 nitrogen and oxygen atoms in total. The number of halogens is 1. The third-order valence-corrected chi connectivity index (χ3v) is 4.47. The molecule has 0 saturated carbocycles. The zero-order valence-corrected chi connectivity index (χ0v) is 21.3. The Hall–Kier alpha value is -1.81. The molecule has 2 aromatic rings. The molecule has 0 amide bonds. The molecule has 0 aliphatic heterocycles. The first-order valence-electron chi connectivity index (χ1n) is 10.2. The van der Waals surface area contributed by atoms with Crippen LogP contribution >= 0.6 is 24.0 Å². The summed E-state index contributed by atoms with van der Waals surface area (Å²) in [6, 6.07) is 7.80. The van der Waals surface area contributed by atoms with Crippen molar-refractivity contribution in [3.63, 3.8) is 0 Å². The number of hydrogen-bond acceptors (Lipinski definition) is 4. The fourth-order valence-electron chi connectivity index (χ4n) is 3.10. The Labute approximate surface area is 197 Å². The fraction of sp³-hybridized carbons (Fsp3) is 0.545. The second kappa shape index (κ2) is 12.8. The molecule has 168 valence electrons. The smallest absolute Gasteiger partial charge is 0.194 e. The summed E-state index contributed by atoms with van der Waals surface area (Å²) >= 11 is 0. The van der Waals surface area contributed by atoms with Crippen LogP contribution in [-0.4, -0.2) is 58.6 Å². The highest BCUT2D eigenvalue weighted by Gasteiger charge is 2.15. The minimum absolute atomic E-state index is 0. The van der Waals surface area contributed by atoms with Crippen LogP contribution < -0.4 is 10.1 Å². The van der Waals surface area contributed by atoms with E-state index in [9.17, 15) is 5.11 Å². The van der Waals surface area contributed by atoms with Crippen molar-refractivity contribution in [1.82, 2.24) is 20.0 Å². The Bertz CT molecular complexity index is 807. The molecule has 8 heteroatoms. The molecule has 30 heavy (non-hydrogen) atoms. The van der Waals surface area contributed by atoms with E-state index in [4.69, 9.17) is 4.74 Å². The Morgan fingerprint density at radius 2 is 2.10 bits per heavy atom. The van der Waals surface area contributed by atoms with Crippen molar-refractivity contribution >= 4 is 29.9 Å². The summed E-state index contributed by atoms with van der Waals surface area (Å²) in [4.78, 5) is 6.65. The van der Waals surface area contributed by atoms with Gasteiger partial charge in [-0.2, -0.15) is 5.10 Å². The molecule has 0 spiro atoms. The van der Waals surface area contributed by atoms with Crippen molar-refractivity contribution in [1.29, 1.82) is 0 Å². The molecule has 2 N–H and O–H groups in total. The number of nitrogens with zero attached hydrogens (tertiary/aromatic N) is 4. The predicted molar refractivity (Wildman–Crippen MR) is 133 cm³/mol. The summed E-state index contributed by atoms with van der Waals surface area (Å²) in [5.41, 5.74) is 3.41. The van der Waals surface area contributed by atoms with Crippen molar-refractivity contribution in [3.8, 4) is 5.75 Å². The molecule has 1 atom stereocenters. The molecule has 0 aliphatic carbocycles. The minimum Gasteiger partial charge on any atom is -0.491 e. The van der Waals surface area contributed by atoms with Crippen LogP contribution in [0.5, 0.6) is 5.75 Å². The lowest BCUT2D eigenvalue weighted by atomic mass is 10.1. The van der Waals surface area contributed by atoms with E-state index in [1.807, 2.05) is 56.9 Å². The van der Waals surface area contributed by atoms with Crippen LogP contribution in [0.25, 0.3) is 0 Å². The summed E-state index contributed by atoms with van der Waals surface area (Å²) in [7, 11) is 3.94. The molecule has 0 saturated heterocycles. The van der Waals surface area contributed by atoms with E-state index in [-0.39, 0.29) is 37.1 Å². The quantitative estimate of drug-likeness (QED) is 0.296. The van der Waals surface area contributed by atoms with Crippen LogP contribution in [0.2, 0.25) is 0 Å². The highest BCUT2D eigenvalue weighted by molar-refractivity contribution is 14.0. The van der Waals surface area contributed by atoms with Gasteiger partial charge in [-0.1, -0.05) is 26.0 Å². The molecule has 1 heterocycles. The van der Waals surface area contributed by atoms with Crippen LogP contribution in [0.1, 0.15) is 43.5 Å². The first-order chi connectivity index (χ1) is 13.8. The van der Waals surface area contributed by atoms with Crippen molar-refractivity contribution in [3.05, 3.63) is 47.3 Å². The molecule has 0 radical (unpaired) electrons. The molecular formula is C22H36IN5O2. The Morgan fingerprint density at radius 1 is 1.37 bits per heavy atom. The van der Waals surface area contributed by atoms with Gasteiger partial charge in [0.2, 0.25) is 0 Å². The first kappa shape index (κ1) is 26.2. The molecule has 0 bridgehead atoms. The topological polar surface area (TPSA) is 74.9 Å². The van der Waals surface area contributed by atoms with Crippen LogP contribution in [0.3, 0.4) is 0 Å². The molecular weight excluding hydrogens is 493 g/mol. The number of nitrogens with one attached hydrogen (secondary N) is 1. The summed E-state index contributed by atoms with van der Waals surface area (Å²) in [6.07, 6.45) is 1.38. The second-order valence-electron chi connectivity index (χ2n) is 7.70. The summed E-state index contributed by atoms with van der Waals surface area (Å²) in [5.74, 6) is 1.87. The second-order valence-corrected chi connectivity index (χ2v) is 7.70. The van der Waals surface area contributed by atoms with E-state index in [2.05, 4.69) is 40.4 Å². The van der Waals surface area contributed by atoms with E-state index < -0.39 is 6.10 Å². The highest BCUT2D eigenvalue weighted by atomic mass is 127. The van der Waals surface area contributed by atoms with Crippen molar-refractivity contribution in [2.45, 2.75) is 46.3 Å². The minimum atomic E-state index is -0.679. The predicted octanol–water partition coefficient (Wildman–Crippen LogP) is 3.31. The number of aliphatic imine (C=N–C) groups is 1. The largest absolute Gasteiger partial charge is 0.491 e. The van der Waals surface area contributed by atoms with E-state index in [0.29, 0.717) is 12.5 Å². The van der Waals surface area contributed by atoms with Gasteiger partial charge in [-0.15, -0.1) is 24.0 Å². The van der Waals surface area contributed by atoms with Crippen molar-refractivity contribution < 1.29 is 9.84 Å². The fourth-order valence-corrected chi connectivity index (χ4v) is 3.10. The number of aromatic nitrogens is 2. The molecule has 0 fully saturated rings. The average Bonchev–Trinajstić information content (AvgIpc) is 3.03. The number of guanidine groups is 1. The Kier molecular flexibility index (Phi) is 11.2. The lowest BCUT2D eigenvalue weighted by Crippen LogP contribution is -2.39. The van der Waals surface area contributed by atoms with Crippen LogP contribution in [-0.2, 0) is 13.6 Å². The van der Waals surface area contributed by atoms with E-state index in [1.54, 1.807) is 0 Å². The summed E-state index contributed by atoms with van der Waals surface area (Å²) in [6.45, 7) is 10.3. The number of ether oxygens (including phenoxy) is 1. The van der Waals surface area contributed by atoms with Gasteiger partial charge in [0.1, 0.15) is 18.5 Å². The Balaban J connectivity index is 0.00000450. The molecule has 1 aromatic heterocycles. The SMILES string of the molecule is CCNC(=NCC(O)COc1cccc(C)c1)N(C)Cc1cn(C)nc1C(C)C.I. The lowest BCUT2D eigenvalue weighted by Gasteiger charge is -2.23. The Morgan fingerprint density at radius 3 is 2.73 bits per heavy atom.